The van der Waals surface area contributed by atoms with E-state index in [0.717, 1.165) is 0 Å². The van der Waals surface area contributed by atoms with Crippen LogP contribution in [0.1, 0.15) is 18.5 Å². The Morgan fingerprint density at radius 2 is 1.97 bits per heavy atom. The fourth-order valence-corrected chi connectivity index (χ4v) is 4.34. The normalized spacial score (nSPS) is 21.6. The number of carbonyl (C=O) groups is 4. The van der Waals surface area contributed by atoms with Gasteiger partial charge in [0.1, 0.15) is 28.9 Å². The molecule has 1 saturated heterocycles. The summed E-state index contributed by atoms with van der Waals surface area (Å²) >= 11 is 1.38. The van der Waals surface area contributed by atoms with Gasteiger partial charge in [-0.2, -0.15) is 0 Å². The van der Waals surface area contributed by atoms with Crippen LogP contribution in [-0.2, 0) is 19.1 Å². The molecule has 3 atom stereocenters. The van der Waals surface area contributed by atoms with Gasteiger partial charge in [0.05, 0.1) is 7.11 Å². The lowest BCUT2D eigenvalue weighted by atomic mass is 10.0. The highest BCUT2D eigenvalue weighted by Gasteiger charge is 2.53. The van der Waals surface area contributed by atoms with Gasteiger partial charge in [0.2, 0.25) is 5.91 Å². The fraction of sp³-hybridized carbons (Fsp3) is 0.333. The average Bonchev–Trinajstić information content (AvgIpc) is 2.71. The number of amides is 2. The molecule has 0 bridgehead atoms. The number of methoxy groups -OCH3 is 1. The molecule has 11 heteroatoms. The van der Waals surface area contributed by atoms with Crippen LogP contribution < -0.4 is 15.8 Å². The van der Waals surface area contributed by atoms with E-state index in [1.807, 2.05) is 0 Å². The highest BCUT2D eigenvalue weighted by molar-refractivity contribution is 8.00. The van der Waals surface area contributed by atoms with Gasteiger partial charge in [0, 0.05) is 5.75 Å². The van der Waals surface area contributed by atoms with Crippen LogP contribution in [0.5, 0.6) is 5.75 Å². The molecule has 1 aromatic carbocycles. The van der Waals surface area contributed by atoms with Crippen molar-refractivity contribution < 1.29 is 33.8 Å². The molecule has 2 aliphatic rings. The lowest BCUT2D eigenvalue weighted by Crippen LogP contribution is -2.71. The summed E-state index contributed by atoms with van der Waals surface area (Å²) in [5, 5.41) is 11.5. The molecule has 4 N–H and O–H groups in total. The summed E-state index contributed by atoms with van der Waals surface area (Å²) in [5.41, 5.74) is 6.99. The summed E-state index contributed by atoms with van der Waals surface area (Å²) in [6.45, 7) is 1.66. The highest BCUT2D eigenvalue weighted by atomic mass is 32.2. The smallest absolute Gasteiger partial charge is 0.477 e. The molecule has 2 aliphatic heterocycles. The zero-order valence-electron chi connectivity index (χ0n) is 15.6. The number of nitrogens with one attached hydrogen (secondary N) is 1. The zero-order chi connectivity index (χ0) is 21.3. The molecular weight excluding hydrogens is 402 g/mol. The molecule has 3 rings (SSSR count). The largest absolute Gasteiger partial charge is 0.513 e. The van der Waals surface area contributed by atoms with Crippen molar-refractivity contribution in [2.24, 2.45) is 5.73 Å². The van der Waals surface area contributed by atoms with E-state index in [2.05, 4.69) is 10.1 Å². The third-order valence-electron chi connectivity index (χ3n) is 4.55. The van der Waals surface area contributed by atoms with Crippen LogP contribution >= 0.6 is 11.8 Å². The number of thioether (sulfide) groups is 1. The minimum Gasteiger partial charge on any atom is -0.477 e. The second-order valence-electron chi connectivity index (χ2n) is 6.43. The van der Waals surface area contributed by atoms with Gasteiger partial charge in [-0.25, -0.2) is 9.59 Å². The first-order valence-corrected chi connectivity index (χ1v) is 9.59. The topological polar surface area (TPSA) is 148 Å². The lowest BCUT2D eigenvalue weighted by molar-refractivity contribution is -0.150. The van der Waals surface area contributed by atoms with Crippen molar-refractivity contribution in [3.05, 3.63) is 41.1 Å². The number of fused-ring (bicyclic) bond motifs is 1. The van der Waals surface area contributed by atoms with Gasteiger partial charge < -0.3 is 25.6 Å². The predicted octanol–water partition coefficient (Wildman–Crippen LogP) is 0.590. The Bertz CT molecular complexity index is 899. The quantitative estimate of drug-likeness (QED) is 0.353. The number of rotatable bonds is 5. The van der Waals surface area contributed by atoms with Crippen molar-refractivity contribution >= 4 is 35.7 Å². The van der Waals surface area contributed by atoms with E-state index in [1.54, 1.807) is 6.92 Å². The zero-order valence-corrected chi connectivity index (χ0v) is 16.4. The monoisotopic (exact) mass is 421 g/mol. The molecule has 2 amide bonds. The van der Waals surface area contributed by atoms with Crippen LogP contribution in [0.15, 0.2) is 35.5 Å². The summed E-state index contributed by atoms with van der Waals surface area (Å²) in [4.78, 5) is 48.6. The Hall–Kier alpha value is -3.05. The van der Waals surface area contributed by atoms with Crippen molar-refractivity contribution in [2.45, 2.75) is 24.4 Å². The molecule has 0 aliphatic carbocycles. The number of carboxylic acid groups (broad SMARTS) is 1. The number of β-lactam (4-membered cyclic amide) rings is 1. The molecule has 1 fully saturated rings. The first-order chi connectivity index (χ1) is 13.7. The van der Waals surface area contributed by atoms with E-state index in [4.69, 9.17) is 10.5 Å². The van der Waals surface area contributed by atoms with Gasteiger partial charge in [-0.3, -0.25) is 14.5 Å². The van der Waals surface area contributed by atoms with Crippen LogP contribution in [-0.4, -0.2) is 58.2 Å². The van der Waals surface area contributed by atoms with Crippen molar-refractivity contribution in [1.29, 1.82) is 0 Å². The highest BCUT2D eigenvalue weighted by Crippen LogP contribution is 2.40. The lowest BCUT2D eigenvalue weighted by Gasteiger charge is -2.49. The van der Waals surface area contributed by atoms with Gasteiger partial charge in [-0.05, 0) is 30.2 Å². The number of hydrogen-bond donors (Lipinski definition) is 3. The van der Waals surface area contributed by atoms with Crippen LogP contribution in [0.3, 0.4) is 0 Å². The maximum atomic E-state index is 12.5. The van der Waals surface area contributed by atoms with Gasteiger partial charge in [0.15, 0.2) is 0 Å². The number of nitrogens with zero attached hydrogens (tertiary/aromatic N) is 1. The van der Waals surface area contributed by atoms with E-state index in [1.165, 1.54) is 48.0 Å². The summed E-state index contributed by atoms with van der Waals surface area (Å²) in [6, 6.07) is 4.04. The predicted molar refractivity (Wildman–Crippen MR) is 102 cm³/mol. The fourth-order valence-electron chi connectivity index (χ4n) is 3.05. The Kier molecular flexibility index (Phi) is 5.80. The number of hydrogen-bond acceptors (Lipinski definition) is 8. The van der Waals surface area contributed by atoms with Gasteiger partial charge in [0.25, 0.3) is 5.91 Å². The Labute approximate surface area is 170 Å². The van der Waals surface area contributed by atoms with Crippen molar-refractivity contribution in [3.8, 4) is 5.75 Å². The third-order valence-corrected chi connectivity index (χ3v) is 5.97. The Morgan fingerprint density at radius 3 is 2.55 bits per heavy atom. The Balaban J connectivity index is 1.64. The minimum absolute atomic E-state index is 0.0326. The number of ether oxygens (including phenoxy) is 2. The van der Waals surface area contributed by atoms with Gasteiger partial charge >= 0.3 is 12.1 Å². The summed E-state index contributed by atoms with van der Waals surface area (Å²) in [5.74, 6) is -1.55. The van der Waals surface area contributed by atoms with Gasteiger partial charge in [-0.1, -0.05) is 12.1 Å². The van der Waals surface area contributed by atoms with Crippen LogP contribution in [0, 0.1) is 0 Å². The number of carboxylic acids is 1. The van der Waals surface area contributed by atoms with E-state index in [0.29, 0.717) is 16.9 Å². The SMILES string of the molecule is COC(=O)Oc1ccc([C@@H](N)C(=O)N[C@@H]2C(=O)N3C(C(=O)O)=C(C)CS[C@H]23)cc1. The molecule has 29 heavy (non-hydrogen) atoms. The van der Waals surface area contributed by atoms with Crippen LogP contribution in [0.4, 0.5) is 4.79 Å². The number of benzene rings is 1. The maximum Gasteiger partial charge on any atom is 0.513 e. The molecule has 1 aromatic rings. The number of aliphatic carboxylic acids is 1. The maximum absolute atomic E-state index is 12.5. The molecule has 0 spiro atoms. The third kappa shape index (κ3) is 3.91. The van der Waals surface area contributed by atoms with E-state index >= 15 is 0 Å². The molecular formula is C18H19N3O7S. The van der Waals surface area contributed by atoms with E-state index < -0.39 is 41.4 Å². The molecule has 10 nitrogen and oxygen atoms in total. The second-order valence-corrected chi connectivity index (χ2v) is 7.54. The number of carbonyl (C=O) groups excluding carboxylic acids is 3. The van der Waals surface area contributed by atoms with Crippen molar-refractivity contribution in [1.82, 2.24) is 10.2 Å². The molecule has 0 unspecified atom stereocenters. The van der Waals surface area contributed by atoms with E-state index in [9.17, 15) is 24.3 Å². The summed E-state index contributed by atoms with van der Waals surface area (Å²) in [6.07, 6.45) is -0.872. The minimum atomic E-state index is -1.17. The molecule has 0 aromatic heterocycles. The molecule has 2 heterocycles. The Morgan fingerprint density at radius 1 is 1.31 bits per heavy atom. The second kappa shape index (κ2) is 8.13. The standard InChI is InChI=1S/C18H19N3O7S/c1-8-7-29-16-12(15(23)21(16)13(8)17(24)25)20-14(22)11(19)9-3-5-10(6-4-9)28-18(26)27-2/h3-6,11-12,16H,7,19H2,1-2H3,(H,20,22)(H,24,25)/t11-,12-,16-/m1/s1. The van der Waals surface area contributed by atoms with Gasteiger partial charge in [-0.15, -0.1) is 11.8 Å². The van der Waals surface area contributed by atoms with Crippen molar-refractivity contribution in [2.75, 3.05) is 12.9 Å². The first kappa shape index (κ1) is 20.7. The molecule has 0 radical (unpaired) electrons. The summed E-state index contributed by atoms with van der Waals surface area (Å²) in [7, 11) is 1.18. The van der Waals surface area contributed by atoms with E-state index in [-0.39, 0.29) is 11.4 Å². The number of nitrogens with two attached hydrogens (primary N) is 1. The molecule has 0 saturated carbocycles. The van der Waals surface area contributed by atoms with Crippen LogP contribution in [0.25, 0.3) is 0 Å². The summed E-state index contributed by atoms with van der Waals surface area (Å²) < 4.78 is 9.24. The van der Waals surface area contributed by atoms with Crippen molar-refractivity contribution in [3.63, 3.8) is 0 Å². The average molecular weight is 421 g/mol. The van der Waals surface area contributed by atoms with Crippen LogP contribution in [0.2, 0.25) is 0 Å². The first-order valence-electron chi connectivity index (χ1n) is 8.54. The molecule has 154 valence electrons.